The van der Waals surface area contributed by atoms with Gasteiger partial charge in [-0.15, -0.1) is 0 Å². The van der Waals surface area contributed by atoms with E-state index in [0.29, 0.717) is 6.61 Å². The van der Waals surface area contributed by atoms with Crippen LogP contribution in [0, 0.1) is 0 Å². The molecule has 0 fully saturated rings. The monoisotopic (exact) mass is 209 g/mol. The molecule has 3 nitrogen and oxygen atoms in total. The van der Waals surface area contributed by atoms with Gasteiger partial charge in [0.2, 0.25) is 0 Å². The average Bonchev–Trinajstić information content (AvgIpc) is 2.29. The molecule has 84 valence electrons. The number of aliphatic hydroxyl groups is 1. The van der Waals surface area contributed by atoms with Gasteiger partial charge in [0, 0.05) is 19.7 Å². The molecule has 1 aromatic carbocycles. The molecule has 0 radical (unpaired) electrons. The van der Waals surface area contributed by atoms with Gasteiger partial charge in [-0.3, -0.25) is 0 Å². The summed E-state index contributed by atoms with van der Waals surface area (Å²) in [5, 5.41) is 13.2. The summed E-state index contributed by atoms with van der Waals surface area (Å²) in [7, 11) is 1.67. The van der Waals surface area contributed by atoms with Crippen molar-refractivity contribution in [2.24, 2.45) is 0 Å². The van der Waals surface area contributed by atoms with Crippen molar-refractivity contribution in [3.05, 3.63) is 35.9 Å². The van der Waals surface area contributed by atoms with Gasteiger partial charge in [-0.25, -0.2) is 0 Å². The van der Waals surface area contributed by atoms with Gasteiger partial charge in [0.1, 0.15) is 0 Å². The van der Waals surface area contributed by atoms with Crippen LogP contribution in [0.25, 0.3) is 0 Å². The van der Waals surface area contributed by atoms with Crippen molar-refractivity contribution in [2.45, 2.75) is 19.1 Å². The number of benzene rings is 1. The van der Waals surface area contributed by atoms with Crippen LogP contribution in [0.2, 0.25) is 0 Å². The van der Waals surface area contributed by atoms with E-state index in [1.807, 2.05) is 37.3 Å². The predicted octanol–water partition coefficient (Wildman–Crippen LogP) is 1.34. The van der Waals surface area contributed by atoms with Gasteiger partial charge >= 0.3 is 0 Å². The molecule has 2 atom stereocenters. The van der Waals surface area contributed by atoms with Crippen LogP contribution in [-0.4, -0.2) is 31.4 Å². The highest BCUT2D eigenvalue weighted by Gasteiger charge is 2.14. The molecule has 15 heavy (non-hydrogen) atoms. The van der Waals surface area contributed by atoms with Crippen LogP contribution in [0.15, 0.2) is 30.3 Å². The zero-order chi connectivity index (χ0) is 11.1. The Morgan fingerprint density at radius 3 is 2.60 bits per heavy atom. The summed E-state index contributed by atoms with van der Waals surface area (Å²) in [6.45, 7) is 3.38. The third-order valence-electron chi connectivity index (χ3n) is 2.39. The van der Waals surface area contributed by atoms with E-state index in [9.17, 15) is 5.11 Å². The Labute approximate surface area is 91.1 Å². The summed E-state index contributed by atoms with van der Waals surface area (Å²) in [5.74, 6) is 0. The Morgan fingerprint density at radius 2 is 2.00 bits per heavy atom. The van der Waals surface area contributed by atoms with Gasteiger partial charge in [0.15, 0.2) is 0 Å². The first-order chi connectivity index (χ1) is 7.25. The summed E-state index contributed by atoms with van der Waals surface area (Å²) in [6.07, 6.45) is -0.469. The molecular formula is C12H19NO2. The Balaban J connectivity index is 2.42. The molecule has 0 aliphatic rings. The van der Waals surface area contributed by atoms with Crippen molar-refractivity contribution < 1.29 is 9.84 Å². The van der Waals surface area contributed by atoms with E-state index in [1.54, 1.807) is 7.11 Å². The molecule has 0 spiro atoms. The van der Waals surface area contributed by atoms with Crippen LogP contribution in [0.3, 0.4) is 0 Å². The van der Waals surface area contributed by atoms with E-state index in [2.05, 4.69) is 5.32 Å². The molecule has 3 heteroatoms. The van der Waals surface area contributed by atoms with Gasteiger partial charge in [-0.05, 0) is 12.5 Å². The first-order valence-electron chi connectivity index (χ1n) is 5.21. The van der Waals surface area contributed by atoms with E-state index in [1.165, 1.54) is 0 Å². The molecule has 1 rings (SSSR count). The van der Waals surface area contributed by atoms with Crippen molar-refractivity contribution >= 4 is 0 Å². The molecule has 0 aromatic heterocycles. The predicted molar refractivity (Wildman–Crippen MR) is 60.7 cm³/mol. The molecule has 0 heterocycles. The normalized spacial score (nSPS) is 14.9. The molecule has 0 amide bonds. The highest BCUT2D eigenvalue weighted by Crippen LogP contribution is 2.15. The topological polar surface area (TPSA) is 41.5 Å². The minimum absolute atomic E-state index is 0.0301. The summed E-state index contributed by atoms with van der Waals surface area (Å²) >= 11 is 0. The minimum atomic E-state index is -0.469. The Kier molecular flexibility index (Phi) is 5.32. The number of rotatable bonds is 6. The molecular weight excluding hydrogens is 190 g/mol. The minimum Gasteiger partial charge on any atom is -0.387 e. The Hall–Kier alpha value is -0.900. The van der Waals surface area contributed by atoms with Crippen LogP contribution in [0.4, 0.5) is 0 Å². The van der Waals surface area contributed by atoms with Crippen molar-refractivity contribution in [1.29, 1.82) is 0 Å². The van der Waals surface area contributed by atoms with E-state index in [0.717, 1.165) is 12.1 Å². The number of methoxy groups -OCH3 is 1. The summed E-state index contributed by atoms with van der Waals surface area (Å²) in [5.41, 5.74) is 0.940. The molecule has 1 aromatic rings. The van der Waals surface area contributed by atoms with E-state index in [-0.39, 0.29) is 6.04 Å². The zero-order valence-electron chi connectivity index (χ0n) is 9.31. The van der Waals surface area contributed by atoms with Crippen LogP contribution in [0.1, 0.15) is 18.6 Å². The highest BCUT2D eigenvalue weighted by atomic mass is 16.5. The van der Waals surface area contributed by atoms with Crippen molar-refractivity contribution in [2.75, 3.05) is 20.3 Å². The Morgan fingerprint density at radius 1 is 1.33 bits per heavy atom. The fraction of sp³-hybridized carbons (Fsp3) is 0.500. The second kappa shape index (κ2) is 6.56. The van der Waals surface area contributed by atoms with Gasteiger partial charge in [-0.1, -0.05) is 30.3 Å². The maximum absolute atomic E-state index is 9.99. The van der Waals surface area contributed by atoms with E-state index >= 15 is 0 Å². The van der Waals surface area contributed by atoms with Crippen molar-refractivity contribution in [3.63, 3.8) is 0 Å². The van der Waals surface area contributed by atoms with Gasteiger partial charge in [0.05, 0.1) is 12.7 Å². The number of ether oxygens (including phenoxy) is 1. The number of hydrogen-bond donors (Lipinski definition) is 2. The first kappa shape index (κ1) is 12.2. The number of nitrogens with one attached hydrogen (secondary N) is 1. The largest absolute Gasteiger partial charge is 0.387 e. The van der Waals surface area contributed by atoms with Gasteiger partial charge < -0.3 is 15.2 Å². The fourth-order valence-electron chi connectivity index (χ4n) is 1.44. The number of hydrogen-bond acceptors (Lipinski definition) is 3. The van der Waals surface area contributed by atoms with Gasteiger partial charge in [0.25, 0.3) is 0 Å². The van der Waals surface area contributed by atoms with Gasteiger partial charge in [-0.2, -0.15) is 0 Å². The lowest BCUT2D eigenvalue weighted by Crippen LogP contribution is -2.34. The molecule has 0 saturated carbocycles. The van der Waals surface area contributed by atoms with Crippen LogP contribution in [0.5, 0.6) is 0 Å². The molecule has 2 N–H and O–H groups in total. The van der Waals surface area contributed by atoms with E-state index < -0.39 is 6.10 Å². The quantitative estimate of drug-likeness (QED) is 0.695. The summed E-state index contributed by atoms with van der Waals surface area (Å²) in [4.78, 5) is 0. The van der Waals surface area contributed by atoms with Crippen LogP contribution in [-0.2, 0) is 4.74 Å². The summed E-state index contributed by atoms with van der Waals surface area (Å²) in [6, 6.07) is 9.70. The second-order valence-electron chi connectivity index (χ2n) is 3.59. The first-order valence-corrected chi connectivity index (χ1v) is 5.21. The van der Waals surface area contributed by atoms with Crippen molar-refractivity contribution in [3.8, 4) is 0 Å². The third-order valence-corrected chi connectivity index (χ3v) is 2.39. The molecule has 0 unspecified atom stereocenters. The lowest BCUT2D eigenvalue weighted by atomic mass is 10.0. The molecule has 0 aliphatic carbocycles. The smallest absolute Gasteiger partial charge is 0.0940 e. The third kappa shape index (κ3) is 4.00. The van der Waals surface area contributed by atoms with Crippen molar-refractivity contribution in [1.82, 2.24) is 5.32 Å². The maximum atomic E-state index is 9.99. The molecule has 0 bridgehead atoms. The molecule has 0 saturated heterocycles. The average molecular weight is 209 g/mol. The standard InChI is InChI=1S/C12H19NO2/c1-10(13-8-9-15-2)12(14)11-6-4-3-5-7-11/h3-7,10,12-14H,8-9H2,1-2H3/t10-,12-/m0/s1. The van der Waals surface area contributed by atoms with Crippen LogP contribution < -0.4 is 5.32 Å². The van der Waals surface area contributed by atoms with Crippen LogP contribution >= 0.6 is 0 Å². The summed E-state index contributed by atoms with van der Waals surface area (Å²) < 4.78 is 4.93. The highest BCUT2D eigenvalue weighted by molar-refractivity contribution is 5.18. The number of aliphatic hydroxyl groups excluding tert-OH is 1. The Bertz CT molecular complexity index is 264. The SMILES string of the molecule is COCCN[C@@H](C)[C@H](O)c1ccccc1. The van der Waals surface area contributed by atoms with E-state index in [4.69, 9.17) is 4.74 Å². The molecule has 0 aliphatic heterocycles. The lowest BCUT2D eigenvalue weighted by Gasteiger charge is -2.20. The second-order valence-corrected chi connectivity index (χ2v) is 3.59. The lowest BCUT2D eigenvalue weighted by molar-refractivity contribution is 0.127. The maximum Gasteiger partial charge on any atom is 0.0940 e. The fourth-order valence-corrected chi connectivity index (χ4v) is 1.44. The zero-order valence-corrected chi connectivity index (χ0v) is 9.31.